The molecule has 1 aliphatic rings. The largest absolute Gasteiger partial charge is 0.330 e. The van der Waals surface area contributed by atoms with Gasteiger partial charge in [-0.15, -0.1) is 0 Å². The second-order valence-electron chi connectivity index (χ2n) is 6.88. The molecule has 3 N–H and O–H groups in total. The SMILES string of the molecule is CC(CCN)CNCC(C)(C)C1CCN(C)CC1. The van der Waals surface area contributed by atoms with Crippen molar-refractivity contribution in [1.29, 1.82) is 0 Å². The van der Waals surface area contributed by atoms with Gasteiger partial charge in [0, 0.05) is 6.54 Å². The van der Waals surface area contributed by atoms with Gasteiger partial charge in [-0.05, 0) is 69.7 Å². The molecule has 1 heterocycles. The summed E-state index contributed by atoms with van der Waals surface area (Å²) in [4.78, 5) is 2.45. The highest BCUT2D eigenvalue weighted by molar-refractivity contribution is 4.84. The second-order valence-corrected chi connectivity index (χ2v) is 6.88. The minimum atomic E-state index is 0.420. The van der Waals surface area contributed by atoms with Crippen molar-refractivity contribution >= 4 is 0 Å². The smallest absolute Gasteiger partial charge is 0.000530 e. The fourth-order valence-corrected chi connectivity index (χ4v) is 2.96. The maximum Gasteiger partial charge on any atom is 0.000530 e. The molecular formula is C15H33N3. The monoisotopic (exact) mass is 255 g/mol. The molecule has 3 heteroatoms. The molecular weight excluding hydrogens is 222 g/mol. The van der Waals surface area contributed by atoms with E-state index in [0.29, 0.717) is 11.3 Å². The lowest BCUT2D eigenvalue weighted by atomic mass is 9.73. The van der Waals surface area contributed by atoms with E-state index in [1.165, 1.54) is 25.9 Å². The van der Waals surface area contributed by atoms with E-state index in [9.17, 15) is 0 Å². The van der Waals surface area contributed by atoms with Crippen LogP contribution in [0.5, 0.6) is 0 Å². The highest BCUT2D eigenvalue weighted by Crippen LogP contribution is 2.34. The van der Waals surface area contributed by atoms with Crippen LogP contribution in [0.15, 0.2) is 0 Å². The summed E-state index contributed by atoms with van der Waals surface area (Å²) in [6.45, 7) is 12.7. The zero-order valence-electron chi connectivity index (χ0n) is 12.8. The Morgan fingerprint density at radius 3 is 2.50 bits per heavy atom. The highest BCUT2D eigenvalue weighted by Gasteiger charge is 2.31. The first-order valence-electron chi connectivity index (χ1n) is 7.55. The van der Waals surface area contributed by atoms with Crippen LogP contribution in [0.3, 0.4) is 0 Å². The van der Waals surface area contributed by atoms with Gasteiger partial charge in [0.05, 0.1) is 0 Å². The topological polar surface area (TPSA) is 41.3 Å². The van der Waals surface area contributed by atoms with Gasteiger partial charge in [0.15, 0.2) is 0 Å². The first-order valence-corrected chi connectivity index (χ1v) is 7.55. The second kappa shape index (κ2) is 7.46. The van der Waals surface area contributed by atoms with Crippen molar-refractivity contribution in [1.82, 2.24) is 10.2 Å². The molecule has 0 aromatic rings. The standard InChI is InChI=1S/C15H33N3/c1-13(5-8-16)11-17-12-15(2,3)14-6-9-18(4)10-7-14/h13-14,17H,5-12,16H2,1-4H3. The quantitative estimate of drug-likeness (QED) is 0.730. The summed E-state index contributed by atoms with van der Waals surface area (Å²) >= 11 is 0. The van der Waals surface area contributed by atoms with Gasteiger partial charge in [0.1, 0.15) is 0 Å². The summed E-state index contributed by atoms with van der Waals surface area (Å²) in [5.74, 6) is 1.56. The maximum absolute atomic E-state index is 5.58. The average molecular weight is 255 g/mol. The van der Waals surface area contributed by atoms with Gasteiger partial charge < -0.3 is 16.0 Å². The van der Waals surface area contributed by atoms with Gasteiger partial charge in [0.2, 0.25) is 0 Å². The molecule has 18 heavy (non-hydrogen) atoms. The van der Waals surface area contributed by atoms with E-state index in [1.807, 2.05) is 0 Å². The van der Waals surface area contributed by atoms with Gasteiger partial charge in [-0.2, -0.15) is 0 Å². The third-order valence-electron chi connectivity index (χ3n) is 4.56. The summed E-state index contributed by atoms with van der Waals surface area (Å²) in [5.41, 5.74) is 6.00. The summed E-state index contributed by atoms with van der Waals surface area (Å²) in [5, 5.41) is 3.65. The van der Waals surface area contributed by atoms with E-state index >= 15 is 0 Å². The van der Waals surface area contributed by atoms with Crippen LogP contribution in [0.4, 0.5) is 0 Å². The molecule has 0 spiro atoms. The van der Waals surface area contributed by atoms with Gasteiger partial charge >= 0.3 is 0 Å². The molecule has 1 rings (SSSR count). The van der Waals surface area contributed by atoms with Crippen molar-refractivity contribution in [2.24, 2.45) is 23.0 Å². The molecule has 3 nitrogen and oxygen atoms in total. The Morgan fingerprint density at radius 1 is 1.33 bits per heavy atom. The highest BCUT2D eigenvalue weighted by atomic mass is 15.1. The average Bonchev–Trinajstić information content (AvgIpc) is 2.29. The third kappa shape index (κ3) is 5.25. The molecule has 0 aromatic heterocycles. The summed E-state index contributed by atoms with van der Waals surface area (Å²) < 4.78 is 0. The molecule has 0 radical (unpaired) electrons. The van der Waals surface area contributed by atoms with Crippen molar-refractivity contribution in [3.63, 3.8) is 0 Å². The number of nitrogens with zero attached hydrogens (tertiary/aromatic N) is 1. The Bertz CT molecular complexity index is 220. The van der Waals surface area contributed by atoms with Crippen LogP contribution in [0.2, 0.25) is 0 Å². The molecule has 0 amide bonds. The first kappa shape index (κ1) is 15.9. The fourth-order valence-electron chi connectivity index (χ4n) is 2.96. The van der Waals surface area contributed by atoms with Crippen molar-refractivity contribution < 1.29 is 0 Å². The predicted molar refractivity (Wildman–Crippen MR) is 79.7 cm³/mol. The lowest BCUT2D eigenvalue weighted by Gasteiger charge is -2.40. The zero-order chi connectivity index (χ0) is 13.6. The molecule has 108 valence electrons. The van der Waals surface area contributed by atoms with Crippen molar-refractivity contribution in [3.8, 4) is 0 Å². The Morgan fingerprint density at radius 2 is 1.94 bits per heavy atom. The molecule has 0 saturated carbocycles. The van der Waals surface area contributed by atoms with Crippen LogP contribution in [0.1, 0.15) is 40.0 Å². The van der Waals surface area contributed by atoms with E-state index in [-0.39, 0.29) is 0 Å². The van der Waals surface area contributed by atoms with Crippen LogP contribution in [-0.2, 0) is 0 Å². The van der Waals surface area contributed by atoms with Crippen molar-refractivity contribution in [2.45, 2.75) is 40.0 Å². The molecule has 1 aliphatic heterocycles. The zero-order valence-corrected chi connectivity index (χ0v) is 12.8. The molecule has 1 saturated heterocycles. The normalized spacial score (nSPS) is 21.2. The Balaban J connectivity index is 2.26. The first-order chi connectivity index (χ1) is 8.45. The van der Waals surface area contributed by atoms with E-state index in [1.54, 1.807) is 0 Å². The van der Waals surface area contributed by atoms with E-state index in [0.717, 1.165) is 32.0 Å². The minimum absolute atomic E-state index is 0.420. The van der Waals surface area contributed by atoms with Gasteiger partial charge in [-0.25, -0.2) is 0 Å². The number of likely N-dealkylation sites (tertiary alicyclic amines) is 1. The number of piperidine rings is 1. The fraction of sp³-hybridized carbons (Fsp3) is 1.00. The van der Waals surface area contributed by atoms with E-state index in [2.05, 4.69) is 38.0 Å². The number of rotatable bonds is 7. The van der Waals surface area contributed by atoms with Gasteiger partial charge in [-0.1, -0.05) is 20.8 Å². The molecule has 1 atom stereocenters. The molecule has 0 bridgehead atoms. The predicted octanol–water partition coefficient (Wildman–Crippen LogP) is 1.93. The number of nitrogens with one attached hydrogen (secondary N) is 1. The Kier molecular flexibility index (Phi) is 6.61. The Labute approximate surface area is 113 Å². The van der Waals surface area contributed by atoms with Crippen LogP contribution in [0.25, 0.3) is 0 Å². The van der Waals surface area contributed by atoms with Crippen LogP contribution in [-0.4, -0.2) is 44.7 Å². The molecule has 1 fully saturated rings. The van der Waals surface area contributed by atoms with Gasteiger partial charge in [-0.3, -0.25) is 0 Å². The van der Waals surface area contributed by atoms with Crippen LogP contribution in [0, 0.1) is 17.3 Å². The molecule has 0 aliphatic carbocycles. The summed E-state index contributed by atoms with van der Waals surface area (Å²) in [6.07, 6.45) is 3.83. The lowest BCUT2D eigenvalue weighted by Crippen LogP contribution is -2.42. The molecule has 0 aromatic carbocycles. The van der Waals surface area contributed by atoms with Crippen molar-refractivity contribution in [3.05, 3.63) is 0 Å². The maximum atomic E-state index is 5.58. The summed E-state index contributed by atoms with van der Waals surface area (Å²) in [6, 6.07) is 0. The minimum Gasteiger partial charge on any atom is -0.330 e. The summed E-state index contributed by atoms with van der Waals surface area (Å²) in [7, 11) is 2.23. The van der Waals surface area contributed by atoms with E-state index < -0.39 is 0 Å². The number of hydrogen-bond donors (Lipinski definition) is 2. The van der Waals surface area contributed by atoms with E-state index in [4.69, 9.17) is 5.73 Å². The Hall–Kier alpha value is -0.120. The van der Waals surface area contributed by atoms with Crippen LogP contribution >= 0.6 is 0 Å². The van der Waals surface area contributed by atoms with Gasteiger partial charge in [0.25, 0.3) is 0 Å². The number of nitrogens with two attached hydrogens (primary N) is 1. The number of hydrogen-bond acceptors (Lipinski definition) is 3. The molecule has 1 unspecified atom stereocenters. The third-order valence-corrected chi connectivity index (χ3v) is 4.56. The van der Waals surface area contributed by atoms with Crippen molar-refractivity contribution in [2.75, 3.05) is 39.8 Å². The van der Waals surface area contributed by atoms with Crippen LogP contribution < -0.4 is 11.1 Å². The lowest BCUT2D eigenvalue weighted by molar-refractivity contribution is 0.112.